The van der Waals surface area contributed by atoms with Crippen molar-refractivity contribution in [2.24, 2.45) is 0 Å². The van der Waals surface area contributed by atoms with Crippen LogP contribution in [0.3, 0.4) is 0 Å². The lowest BCUT2D eigenvalue weighted by Crippen LogP contribution is -2.32. The zero-order valence-electron chi connectivity index (χ0n) is 11.5. The third kappa shape index (κ3) is 3.72. The first-order valence-electron chi connectivity index (χ1n) is 6.46. The van der Waals surface area contributed by atoms with Crippen molar-refractivity contribution in [2.45, 2.75) is 23.8 Å². The summed E-state index contributed by atoms with van der Waals surface area (Å²) in [6.07, 6.45) is 1.56. The Morgan fingerprint density at radius 3 is 2.86 bits per heavy atom. The molecule has 0 amide bonds. The van der Waals surface area contributed by atoms with Gasteiger partial charge in [-0.3, -0.25) is 0 Å². The molecule has 0 spiro atoms. The second-order valence-corrected chi connectivity index (χ2v) is 6.39. The van der Waals surface area contributed by atoms with Gasteiger partial charge >= 0.3 is 5.97 Å². The van der Waals surface area contributed by atoms with E-state index in [1.807, 2.05) is 0 Å². The number of nitrogens with one attached hydrogen (secondary N) is 1. The summed E-state index contributed by atoms with van der Waals surface area (Å²) in [5.74, 6) is -1.10. The van der Waals surface area contributed by atoms with E-state index in [-0.39, 0.29) is 28.9 Å². The Morgan fingerprint density at radius 2 is 2.29 bits per heavy atom. The van der Waals surface area contributed by atoms with Crippen LogP contribution in [-0.4, -0.2) is 45.9 Å². The van der Waals surface area contributed by atoms with Crippen LogP contribution in [0.4, 0.5) is 0 Å². The number of benzene rings is 1. The fourth-order valence-electron chi connectivity index (χ4n) is 2.11. The number of ether oxygens (including phenoxy) is 2. The Hall–Kier alpha value is -1.64. The van der Waals surface area contributed by atoms with Crippen LogP contribution in [0.15, 0.2) is 23.1 Å². The number of hydrogen-bond acceptors (Lipinski definition) is 5. The molecular weight excluding hydrogens is 298 g/mol. The maximum atomic E-state index is 12.3. The van der Waals surface area contributed by atoms with Crippen molar-refractivity contribution in [3.8, 4) is 5.75 Å². The molecule has 1 aliphatic rings. The monoisotopic (exact) mass is 315 g/mol. The first kappa shape index (κ1) is 15.7. The quantitative estimate of drug-likeness (QED) is 0.807. The Morgan fingerprint density at radius 1 is 1.52 bits per heavy atom. The SMILES string of the molecule is COc1ccc(C(=O)O)cc1S(=O)(=O)NCC1CCCO1. The van der Waals surface area contributed by atoms with Crippen LogP contribution >= 0.6 is 0 Å². The molecule has 1 aliphatic heterocycles. The van der Waals surface area contributed by atoms with E-state index in [4.69, 9.17) is 14.6 Å². The van der Waals surface area contributed by atoms with Crippen LogP contribution in [0.5, 0.6) is 5.75 Å². The van der Waals surface area contributed by atoms with E-state index in [2.05, 4.69) is 4.72 Å². The van der Waals surface area contributed by atoms with Gasteiger partial charge in [0.05, 0.1) is 18.8 Å². The molecule has 1 unspecified atom stereocenters. The fraction of sp³-hybridized carbons (Fsp3) is 0.462. The van der Waals surface area contributed by atoms with Crippen molar-refractivity contribution in [3.63, 3.8) is 0 Å². The molecule has 1 fully saturated rings. The smallest absolute Gasteiger partial charge is 0.335 e. The summed E-state index contributed by atoms with van der Waals surface area (Å²) in [5, 5.41) is 8.97. The number of rotatable bonds is 6. The first-order valence-corrected chi connectivity index (χ1v) is 7.95. The summed E-state index contributed by atoms with van der Waals surface area (Å²) in [5.41, 5.74) is -0.117. The molecule has 0 saturated carbocycles. The number of sulfonamides is 1. The van der Waals surface area contributed by atoms with Gasteiger partial charge in [0.1, 0.15) is 10.6 Å². The Bertz CT molecular complexity index is 622. The lowest BCUT2D eigenvalue weighted by molar-refractivity contribution is 0.0696. The van der Waals surface area contributed by atoms with Gasteiger partial charge in [0.2, 0.25) is 10.0 Å². The van der Waals surface area contributed by atoms with Crippen molar-refractivity contribution in [1.82, 2.24) is 4.72 Å². The minimum Gasteiger partial charge on any atom is -0.495 e. The van der Waals surface area contributed by atoms with Gasteiger partial charge in [-0.1, -0.05) is 0 Å². The summed E-state index contributed by atoms with van der Waals surface area (Å²) >= 11 is 0. The largest absolute Gasteiger partial charge is 0.495 e. The van der Waals surface area contributed by atoms with Crippen molar-refractivity contribution >= 4 is 16.0 Å². The molecule has 0 aliphatic carbocycles. The molecule has 116 valence electrons. The molecule has 1 saturated heterocycles. The van der Waals surface area contributed by atoms with E-state index >= 15 is 0 Å². The van der Waals surface area contributed by atoms with Gasteiger partial charge in [0, 0.05) is 13.2 Å². The summed E-state index contributed by atoms with van der Waals surface area (Å²) in [7, 11) is -2.54. The van der Waals surface area contributed by atoms with E-state index < -0.39 is 16.0 Å². The highest BCUT2D eigenvalue weighted by Crippen LogP contribution is 2.25. The Balaban J connectivity index is 2.24. The lowest BCUT2D eigenvalue weighted by atomic mass is 10.2. The van der Waals surface area contributed by atoms with Gasteiger partial charge in [-0.25, -0.2) is 17.9 Å². The zero-order valence-corrected chi connectivity index (χ0v) is 12.4. The van der Waals surface area contributed by atoms with Crippen molar-refractivity contribution < 1.29 is 27.8 Å². The van der Waals surface area contributed by atoms with Crippen LogP contribution in [-0.2, 0) is 14.8 Å². The number of methoxy groups -OCH3 is 1. The normalized spacial score (nSPS) is 18.6. The van der Waals surface area contributed by atoms with Gasteiger partial charge in [0.25, 0.3) is 0 Å². The highest BCUT2D eigenvalue weighted by Gasteiger charge is 2.24. The Labute approximate surface area is 122 Å². The molecule has 21 heavy (non-hydrogen) atoms. The molecule has 0 aromatic heterocycles. The molecule has 2 rings (SSSR count). The maximum Gasteiger partial charge on any atom is 0.335 e. The average Bonchev–Trinajstić information content (AvgIpc) is 2.98. The van der Waals surface area contributed by atoms with Crippen LogP contribution in [0.1, 0.15) is 23.2 Å². The van der Waals surface area contributed by atoms with E-state index in [1.165, 1.54) is 19.2 Å². The summed E-state index contributed by atoms with van der Waals surface area (Å²) in [6.45, 7) is 0.785. The van der Waals surface area contributed by atoms with Crippen LogP contribution in [0.2, 0.25) is 0 Å². The van der Waals surface area contributed by atoms with Gasteiger partial charge in [-0.2, -0.15) is 0 Å². The standard InChI is InChI=1S/C13H17NO6S/c1-19-11-5-4-9(13(15)16)7-12(11)21(17,18)14-8-10-3-2-6-20-10/h4-5,7,10,14H,2-3,6,8H2,1H3,(H,15,16). The second kappa shape index (κ2) is 6.42. The molecule has 7 nitrogen and oxygen atoms in total. The van der Waals surface area contributed by atoms with Crippen LogP contribution in [0.25, 0.3) is 0 Å². The molecule has 1 heterocycles. The number of carboxylic acids is 1. The minimum atomic E-state index is -3.86. The predicted octanol–water partition coefficient (Wildman–Crippen LogP) is 0.851. The highest BCUT2D eigenvalue weighted by atomic mass is 32.2. The van der Waals surface area contributed by atoms with Crippen LogP contribution in [0, 0.1) is 0 Å². The molecular formula is C13H17NO6S. The molecule has 1 aromatic rings. The number of carboxylic acid groups (broad SMARTS) is 1. The van der Waals surface area contributed by atoms with Crippen LogP contribution < -0.4 is 9.46 Å². The third-order valence-electron chi connectivity index (χ3n) is 3.23. The van der Waals surface area contributed by atoms with Crippen molar-refractivity contribution in [2.75, 3.05) is 20.3 Å². The highest BCUT2D eigenvalue weighted by molar-refractivity contribution is 7.89. The zero-order chi connectivity index (χ0) is 15.5. The summed E-state index contributed by atoms with van der Waals surface area (Å²) < 4.78 is 37.4. The van der Waals surface area contributed by atoms with E-state index in [0.29, 0.717) is 6.61 Å². The molecule has 1 atom stereocenters. The molecule has 8 heteroatoms. The molecule has 2 N–H and O–H groups in total. The molecule has 1 aromatic carbocycles. The summed E-state index contributed by atoms with van der Waals surface area (Å²) in [6, 6.07) is 3.70. The Kier molecular flexibility index (Phi) is 4.81. The lowest BCUT2D eigenvalue weighted by Gasteiger charge is -2.14. The first-order chi connectivity index (χ1) is 9.94. The summed E-state index contributed by atoms with van der Waals surface area (Å²) in [4.78, 5) is 10.8. The van der Waals surface area contributed by atoms with Gasteiger partial charge in [0.15, 0.2) is 0 Å². The number of carbonyl (C=O) groups is 1. The van der Waals surface area contributed by atoms with Gasteiger partial charge < -0.3 is 14.6 Å². The average molecular weight is 315 g/mol. The van der Waals surface area contributed by atoms with Crippen molar-refractivity contribution in [1.29, 1.82) is 0 Å². The minimum absolute atomic E-state index is 0.0971. The molecule has 0 radical (unpaired) electrons. The second-order valence-electron chi connectivity index (χ2n) is 4.66. The molecule has 0 bridgehead atoms. The predicted molar refractivity (Wildman–Crippen MR) is 74.1 cm³/mol. The number of hydrogen-bond donors (Lipinski definition) is 2. The van der Waals surface area contributed by atoms with Gasteiger partial charge in [-0.15, -0.1) is 0 Å². The topological polar surface area (TPSA) is 102 Å². The van der Waals surface area contributed by atoms with Crippen molar-refractivity contribution in [3.05, 3.63) is 23.8 Å². The third-order valence-corrected chi connectivity index (χ3v) is 4.67. The number of aromatic carboxylic acids is 1. The van der Waals surface area contributed by atoms with E-state index in [9.17, 15) is 13.2 Å². The van der Waals surface area contributed by atoms with E-state index in [0.717, 1.165) is 18.9 Å². The maximum absolute atomic E-state index is 12.3. The fourth-order valence-corrected chi connectivity index (χ4v) is 3.36. The van der Waals surface area contributed by atoms with E-state index in [1.54, 1.807) is 0 Å². The van der Waals surface area contributed by atoms with Gasteiger partial charge in [-0.05, 0) is 31.0 Å².